The summed E-state index contributed by atoms with van der Waals surface area (Å²) in [4.78, 5) is 46.1. The standard InChI is InChI=1S/C34H33N9O4/c1-20(2)13-29(44)38-21-14-23(17-35-16-21)47-22-9-10-28-24(15-22)31(42-43(28)30-8-4-6-12-46-30)33-39-26-18-36-19-27(32(26)41-33)40-34(45)25-7-3-5-11-37-25/h3,5,7,9-11,14-20,30H,4,6,8,12-13H2,1-2H3,(H,38,44)(H,39,41)(H,40,45). The van der Waals surface area contributed by atoms with E-state index in [0.717, 1.165) is 30.2 Å². The van der Waals surface area contributed by atoms with Gasteiger partial charge in [0, 0.05) is 30.7 Å². The van der Waals surface area contributed by atoms with Crippen molar-refractivity contribution in [2.45, 2.75) is 45.8 Å². The van der Waals surface area contributed by atoms with Gasteiger partial charge >= 0.3 is 0 Å². The van der Waals surface area contributed by atoms with Crippen LogP contribution in [0.4, 0.5) is 11.4 Å². The average Bonchev–Trinajstić information content (AvgIpc) is 3.68. The number of nitrogens with zero attached hydrogens (tertiary/aromatic N) is 6. The molecule has 3 N–H and O–H groups in total. The van der Waals surface area contributed by atoms with Crippen molar-refractivity contribution in [1.29, 1.82) is 0 Å². The highest BCUT2D eigenvalue weighted by molar-refractivity contribution is 6.07. The summed E-state index contributed by atoms with van der Waals surface area (Å²) < 4.78 is 14.2. The number of anilines is 2. The molecule has 1 aliphatic heterocycles. The molecule has 2 amide bonds. The second kappa shape index (κ2) is 13.0. The number of aromatic amines is 1. The Labute approximate surface area is 269 Å². The lowest BCUT2D eigenvalue weighted by atomic mass is 10.1. The Morgan fingerprint density at radius 3 is 2.74 bits per heavy atom. The number of hydrogen-bond acceptors (Lipinski definition) is 9. The van der Waals surface area contributed by atoms with Gasteiger partial charge in [-0.05, 0) is 55.5 Å². The number of H-pyrrole nitrogens is 1. The predicted octanol–water partition coefficient (Wildman–Crippen LogP) is 6.49. The van der Waals surface area contributed by atoms with Gasteiger partial charge < -0.3 is 25.1 Å². The summed E-state index contributed by atoms with van der Waals surface area (Å²) in [5, 5.41) is 11.5. The number of hydrogen-bond donors (Lipinski definition) is 3. The van der Waals surface area contributed by atoms with E-state index in [9.17, 15) is 9.59 Å². The zero-order valence-electron chi connectivity index (χ0n) is 25.9. The van der Waals surface area contributed by atoms with E-state index in [1.165, 1.54) is 0 Å². The van der Waals surface area contributed by atoms with Crippen LogP contribution >= 0.6 is 0 Å². The number of aromatic nitrogens is 7. The van der Waals surface area contributed by atoms with Crippen molar-refractivity contribution in [3.63, 3.8) is 0 Å². The molecule has 0 saturated carbocycles. The van der Waals surface area contributed by atoms with Crippen LogP contribution in [0.15, 0.2) is 73.4 Å². The number of ether oxygens (including phenoxy) is 2. The van der Waals surface area contributed by atoms with Crippen LogP contribution in [0.3, 0.4) is 0 Å². The molecule has 13 heteroatoms. The molecule has 5 aromatic heterocycles. The van der Waals surface area contributed by atoms with Crippen LogP contribution < -0.4 is 15.4 Å². The smallest absolute Gasteiger partial charge is 0.274 e. The lowest BCUT2D eigenvalue weighted by molar-refractivity contribution is -0.116. The number of nitrogens with one attached hydrogen (secondary N) is 3. The third kappa shape index (κ3) is 6.51. The Morgan fingerprint density at radius 1 is 1.04 bits per heavy atom. The molecule has 238 valence electrons. The summed E-state index contributed by atoms with van der Waals surface area (Å²) in [6.45, 7) is 4.65. The molecule has 1 saturated heterocycles. The molecule has 0 spiro atoms. The number of imidazole rings is 1. The van der Waals surface area contributed by atoms with Gasteiger partial charge in [-0.15, -0.1) is 0 Å². The largest absolute Gasteiger partial charge is 0.456 e. The van der Waals surface area contributed by atoms with E-state index >= 15 is 0 Å². The first-order valence-corrected chi connectivity index (χ1v) is 15.5. The summed E-state index contributed by atoms with van der Waals surface area (Å²) in [7, 11) is 0. The number of rotatable bonds is 9. The highest BCUT2D eigenvalue weighted by atomic mass is 16.5. The minimum atomic E-state index is -0.367. The number of amides is 2. The van der Waals surface area contributed by atoms with Crippen molar-refractivity contribution in [3.8, 4) is 23.0 Å². The minimum absolute atomic E-state index is 0.0807. The van der Waals surface area contributed by atoms with Crippen LogP contribution in [0.5, 0.6) is 11.5 Å². The molecule has 0 bridgehead atoms. The summed E-state index contributed by atoms with van der Waals surface area (Å²) in [5.41, 5.74) is 3.88. The van der Waals surface area contributed by atoms with Gasteiger partial charge in [-0.2, -0.15) is 5.10 Å². The van der Waals surface area contributed by atoms with Gasteiger partial charge in [0.1, 0.15) is 28.4 Å². The van der Waals surface area contributed by atoms with Gasteiger partial charge in [0.2, 0.25) is 5.91 Å². The third-order valence-corrected chi connectivity index (χ3v) is 7.70. The maximum atomic E-state index is 12.9. The average molecular weight is 632 g/mol. The van der Waals surface area contributed by atoms with Crippen LogP contribution in [0, 0.1) is 5.92 Å². The van der Waals surface area contributed by atoms with E-state index in [1.54, 1.807) is 55.2 Å². The van der Waals surface area contributed by atoms with Crippen LogP contribution in [-0.2, 0) is 9.53 Å². The maximum absolute atomic E-state index is 12.9. The minimum Gasteiger partial charge on any atom is -0.456 e. The van der Waals surface area contributed by atoms with E-state index in [1.807, 2.05) is 36.7 Å². The van der Waals surface area contributed by atoms with E-state index < -0.39 is 0 Å². The summed E-state index contributed by atoms with van der Waals surface area (Å²) in [5.74, 6) is 1.31. The maximum Gasteiger partial charge on any atom is 0.274 e. The molecule has 6 heterocycles. The summed E-state index contributed by atoms with van der Waals surface area (Å²) >= 11 is 0. The predicted molar refractivity (Wildman–Crippen MR) is 176 cm³/mol. The molecule has 47 heavy (non-hydrogen) atoms. The SMILES string of the molecule is CC(C)CC(=O)Nc1cncc(Oc2ccc3c(c2)c(-c2nc4c(NC(=O)c5ccccn5)cncc4[nH]2)nn3C2CCCCO2)c1. The number of carbonyl (C=O) groups excluding carboxylic acids is 2. The number of pyridine rings is 3. The molecule has 6 aromatic rings. The second-order valence-corrected chi connectivity index (χ2v) is 11.8. The molecule has 1 aromatic carbocycles. The molecule has 1 atom stereocenters. The normalized spacial score (nSPS) is 14.8. The molecular weight excluding hydrogens is 598 g/mol. The highest BCUT2D eigenvalue weighted by Crippen LogP contribution is 2.36. The Bertz CT molecular complexity index is 2070. The Kier molecular flexibility index (Phi) is 8.27. The highest BCUT2D eigenvalue weighted by Gasteiger charge is 2.24. The van der Waals surface area contributed by atoms with Gasteiger partial charge in [-0.25, -0.2) is 9.67 Å². The fraction of sp³-hybridized carbons (Fsp3) is 0.265. The van der Waals surface area contributed by atoms with E-state index in [2.05, 4.69) is 30.6 Å². The molecule has 1 fully saturated rings. The fourth-order valence-corrected chi connectivity index (χ4v) is 5.58. The van der Waals surface area contributed by atoms with E-state index in [4.69, 9.17) is 19.6 Å². The van der Waals surface area contributed by atoms with Crippen molar-refractivity contribution >= 4 is 45.1 Å². The molecule has 1 aliphatic rings. The zero-order chi connectivity index (χ0) is 32.3. The number of fused-ring (bicyclic) bond motifs is 2. The van der Waals surface area contributed by atoms with Gasteiger partial charge in [0.25, 0.3) is 5.91 Å². The fourth-order valence-electron chi connectivity index (χ4n) is 5.58. The van der Waals surface area contributed by atoms with Gasteiger partial charge in [0.15, 0.2) is 12.1 Å². The van der Waals surface area contributed by atoms with Crippen molar-refractivity contribution in [2.75, 3.05) is 17.2 Å². The van der Waals surface area contributed by atoms with Crippen molar-refractivity contribution in [1.82, 2.24) is 34.7 Å². The van der Waals surface area contributed by atoms with Crippen molar-refractivity contribution < 1.29 is 19.1 Å². The lowest BCUT2D eigenvalue weighted by Crippen LogP contribution is -2.19. The second-order valence-electron chi connectivity index (χ2n) is 11.8. The molecule has 7 rings (SSSR count). The molecule has 0 aliphatic carbocycles. The van der Waals surface area contributed by atoms with Crippen LogP contribution in [0.25, 0.3) is 33.5 Å². The van der Waals surface area contributed by atoms with E-state index in [-0.39, 0.29) is 29.7 Å². The lowest BCUT2D eigenvalue weighted by Gasteiger charge is -2.23. The monoisotopic (exact) mass is 631 g/mol. The Morgan fingerprint density at radius 2 is 1.94 bits per heavy atom. The molecule has 13 nitrogen and oxygen atoms in total. The summed E-state index contributed by atoms with van der Waals surface area (Å²) in [6, 6.07) is 12.6. The topological polar surface area (TPSA) is 162 Å². The molecule has 0 radical (unpaired) electrons. The van der Waals surface area contributed by atoms with Crippen LogP contribution in [0.2, 0.25) is 0 Å². The first-order valence-electron chi connectivity index (χ1n) is 15.5. The van der Waals surface area contributed by atoms with Crippen LogP contribution in [-0.4, -0.2) is 53.1 Å². The van der Waals surface area contributed by atoms with Gasteiger partial charge in [0.05, 0.1) is 47.2 Å². The molecular formula is C34H33N9O4. The first-order chi connectivity index (χ1) is 22.9. The Balaban J connectivity index is 1.24. The number of carbonyl (C=O) groups is 2. The third-order valence-electron chi connectivity index (χ3n) is 7.70. The molecule has 1 unspecified atom stereocenters. The quantitative estimate of drug-likeness (QED) is 0.162. The van der Waals surface area contributed by atoms with Crippen LogP contribution in [0.1, 0.15) is 56.2 Å². The van der Waals surface area contributed by atoms with Gasteiger partial charge in [-0.1, -0.05) is 19.9 Å². The van der Waals surface area contributed by atoms with E-state index in [0.29, 0.717) is 58.5 Å². The zero-order valence-corrected chi connectivity index (χ0v) is 25.9. The number of benzene rings is 1. The first kappa shape index (κ1) is 30.0. The Hall–Kier alpha value is -5.69. The van der Waals surface area contributed by atoms with Gasteiger partial charge in [-0.3, -0.25) is 24.5 Å². The van der Waals surface area contributed by atoms with Crippen molar-refractivity contribution in [2.24, 2.45) is 5.92 Å². The van der Waals surface area contributed by atoms with Crippen molar-refractivity contribution in [3.05, 3.63) is 79.1 Å². The summed E-state index contributed by atoms with van der Waals surface area (Å²) in [6.07, 6.45) is 11.0.